The van der Waals surface area contributed by atoms with E-state index in [4.69, 9.17) is 14.6 Å². The highest BCUT2D eigenvalue weighted by Crippen LogP contribution is 2.35. The number of nitrogens with zero attached hydrogens (tertiary/aromatic N) is 3. The average molecular weight is 341 g/mol. The van der Waals surface area contributed by atoms with Crippen molar-refractivity contribution < 1.29 is 9.47 Å². The van der Waals surface area contributed by atoms with Crippen LogP contribution in [0, 0.1) is 0 Å². The molecule has 0 N–H and O–H groups in total. The molecular formula is C20H27N3O2. The molecule has 1 aromatic heterocycles. The third-order valence-electron chi connectivity index (χ3n) is 5.52. The number of rotatable bonds is 5. The first kappa shape index (κ1) is 16.6. The first-order valence-electron chi connectivity index (χ1n) is 9.36. The van der Waals surface area contributed by atoms with E-state index in [1.807, 2.05) is 12.1 Å². The Kier molecular flexibility index (Phi) is 5.04. The van der Waals surface area contributed by atoms with Crippen molar-refractivity contribution in [2.45, 2.75) is 31.6 Å². The Labute approximate surface area is 149 Å². The number of aromatic nitrogens is 2. The van der Waals surface area contributed by atoms with Crippen molar-refractivity contribution >= 4 is 0 Å². The molecule has 0 saturated carbocycles. The van der Waals surface area contributed by atoms with Crippen LogP contribution in [-0.2, 0) is 11.2 Å². The van der Waals surface area contributed by atoms with Crippen LogP contribution >= 0.6 is 0 Å². The largest absolute Gasteiger partial charge is 0.497 e. The van der Waals surface area contributed by atoms with E-state index in [2.05, 4.69) is 27.9 Å². The van der Waals surface area contributed by atoms with Gasteiger partial charge in [0.2, 0.25) is 0 Å². The minimum absolute atomic E-state index is 0.638. The van der Waals surface area contributed by atoms with Crippen LogP contribution in [0.4, 0.5) is 0 Å². The molecular weight excluding hydrogens is 314 g/mol. The van der Waals surface area contributed by atoms with Gasteiger partial charge in [0.25, 0.3) is 0 Å². The fraction of sp³-hybridized carbons (Fsp3) is 0.550. The minimum Gasteiger partial charge on any atom is -0.497 e. The molecule has 1 aliphatic heterocycles. The number of benzene rings is 1. The van der Waals surface area contributed by atoms with Gasteiger partial charge in [-0.05, 0) is 68.0 Å². The van der Waals surface area contributed by atoms with Crippen molar-refractivity contribution in [1.29, 1.82) is 0 Å². The quantitative estimate of drug-likeness (QED) is 0.838. The summed E-state index contributed by atoms with van der Waals surface area (Å²) >= 11 is 0. The van der Waals surface area contributed by atoms with Crippen LogP contribution in [0.1, 0.15) is 36.4 Å². The summed E-state index contributed by atoms with van der Waals surface area (Å²) < 4.78 is 12.8. The topological polar surface area (TPSA) is 39.5 Å². The second-order valence-electron chi connectivity index (χ2n) is 6.99. The Morgan fingerprint density at radius 2 is 2.00 bits per heavy atom. The average Bonchev–Trinajstić information content (AvgIpc) is 3.12. The highest BCUT2D eigenvalue weighted by molar-refractivity contribution is 5.40. The van der Waals surface area contributed by atoms with Crippen molar-refractivity contribution in [1.82, 2.24) is 14.7 Å². The van der Waals surface area contributed by atoms with Gasteiger partial charge in [0.15, 0.2) is 0 Å². The zero-order valence-electron chi connectivity index (χ0n) is 15.0. The number of morpholine rings is 1. The smallest absolute Gasteiger partial charge is 0.119 e. The first-order valence-corrected chi connectivity index (χ1v) is 9.36. The highest BCUT2D eigenvalue weighted by Gasteiger charge is 2.25. The molecule has 1 unspecified atom stereocenters. The Hall–Kier alpha value is -1.85. The molecule has 1 fully saturated rings. The molecule has 1 saturated heterocycles. The van der Waals surface area contributed by atoms with E-state index in [-0.39, 0.29) is 0 Å². The molecule has 0 amide bonds. The van der Waals surface area contributed by atoms with Crippen LogP contribution in [0.15, 0.2) is 30.5 Å². The van der Waals surface area contributed by atoms with Gasteiger partial charge in [-0.15, -0.1) is 0 Å². The van der Waals surface area contributed by atoms with Crippen LogP contribution in [0.2, 0.25) is 0 Å². The Balaban J connectivity index is 1.49. The number of fused-ring (bicyclic) bond motifs is 1. The Bertz CT molecular complexity index is 689. The van der Waals surface area contributed by atoms with Crippen LogP contribution < -0.4 is 4.74 Å². The lowest BCUT2D eigenvalue weighted by Gasteiger charge is -2.29. The highest BCUT2D eigenvalue weighted by atomic mass is 16.5. The summed E-state index contributed by atoms with van der Waals surface area (Å²) in [5, 5.41) is 4.71. The lowest BCUT2D eigenvalue weighted by Crippen LogP contribution is -2.37. The van der Waals surface area contributed by atoms with E-state index in [0.717, 1.165) is 44.2 Å². The molecule has 1 atom stereocenters. The molecule has 2 aromatic rings. The minimum atomic E-state index is 0.638. The van der Waals surface area contributed by atoms with Crippen LogP contribution in [0.5, 0.6) is 5.75 Å². The standard InChI is InChI=1S/C20H27N3O2/c1-24-18-7-5-17(6-8-18)23-20-4-2-3-16(19(20)15-21-23)9-10-22-11-13-25-14-12-22/h5-8,15-16H,2-4,9-14H2,1H3. The second-order valence-corrected chi connectivity index (χ2v) is 6.99. The Morgan fingerprint density at radius 3 is 2.76 bits per heavy atom. The Morgan fingerprint density at radius 1 is 1.20 bits per heavy atom. The number of ether oxygens (including phenoxy) is 2. The van der Waals surface area contributed by atoms with Crippen molar-refractivity contribution in [3.05, 3.63) is 41.7 Å². The van der Waals surface area contributed by atoms with Crippen LogP contribution in [0.3, 0.4) is 0 Å². The summed E-state index contributed by atoms with van der Waals surface area (Å²) in [7, 11) is 1.70. The van der Waals surface area contributed by atoms with Crippen LogP contribution in [0.25, 0.3) is 5.69 Å². The maximum atomic E-state index is 5.45. The molecule has 2 aliphatic rings. The van der Waals surface area contributed by atoms with Gasteiger partial charge in [-0.3, -0.25) is 4.90 Å². The molecule has 1 aliphatic carbocycles. The van der Waals surface area contributed by atoms with Gasteiger partial charge in [-0.2, -0.15) is 5.10 Å². The summed E-state index contributed by atoms with van der Waals surface area (Å²) in [6.07, 6.45) is 6.98. The van der Waals surface area contributed by atoms with Crippen molar-refractivity contribution in [2.75, 3.05) is 40.0 Å². The molecule has 25 heavy (non-hydrogen) atoms. The molecule has 0 bridgehead atoms. The molecule has 0 radical (unpaired) electrons. The van der Waals surface area contributed by atoms with E-state index in [1.165, 1.54) is 37.1 Å². The first-order chi connectivity index (χ1) is 12.3. The van der Waals surface area contributed by atoms with Crippen LogP contribution in [-0.4, -0.2) is 54.6 Å². The van der Waals surface area contributed by atoms with E-state index in [0.29, 0.717) is 5.92 Å². The fourth-order valence-corrected chi connectivity index (χ4v) is 4.06. The van der Waals surface area contributed by atoms with Gasteiger partial charge >= 0.3 is 0 Å². The summed E-state index contributed by atoms with van der Waals surface area (Å²) in [6.45, 7) is 5.08. The van der Waals surface area contributed by atoms with Gasteiger partial charge in [0.05, 0.1) is 32.2 Å². The molecule has 5 heteroatoms. The summed E-state index contributed by atoms with van der Waals surface area (Å²) in [5.74, 6) is 1.52. The van der Waals surface area contributed by atoms with Crippen molar-refractivity contribution in [2.24, 2.45) is 0 Å². The summed E-state index contributed by atoms with van der Waals surface area (Å²) in [6, 6.07) is 8.18. The zero-order chi connectivity index (χ0) is 17.1. The summed E-state index contributed by atoms with van der Waals surface area (Å²) in [4.78, 5) is 2.53. The fourth-order valence-electron chi connectivity index (χ4n) is 4.06. The number of hydrogen-bond acceptors (Lipinski definition) is 4. The second kappa shape index (κ2) is 7.58. The predicted molar refractivity (Wildman–Crippen MR) is 97.7 cm³/mol. The lowest BCUT2D eigenvalue weighted by atomic mass is 9.84. The third kappa shape index (κ3) is 3.58. The lowest BCUT2D eigenvalue weighted by molar-refractivity contribution is 0.0363. The maximum absolute atomic E-state index is 5.45. The normalized spacial score (nSPS) is 21.1. The SMILES string of the molecule is COc1ccc(-n2ncc3c2CCCC3CCN2CCOCC2)cc1. The summed E-state index contributed by atoms with van der Waals surface area (Å²) in [5.41, 5.74) is 3.97. The van der Waals surface area contributed by atoms with Gasteiger partial charge < -0.3 is 9.47 Å². The van der Waals surface area contributed by atoms with Gasteiger partial charge in [0, 0.05) is 18.8 Å². The maximum Gasteiger partial charge on any atom is 0.119 e. The van der Waals surface area contributed by atoms with Crippen molar-refractivity contribution in [3.8, 4) is 11.4 Å². The third-order valence-corrected chi connectivity index (χ3v) is 5.52. The van der Waals surface area contributed by atoms with E-state index in [9.17, 15) is 0 Å². The van der Waals surface area contributed by atoms with E-state index in [1.54, 1.807) is 7.11 Å². The molecule has 134 valence electrons. The van der Waals surface area contributed by atoms with Gasteiger partial charge in [0.1, 0.15) is 5.75 Å². The zero-order valence-corrected chi connectivity index (χ0v) is 15.0. The van der Waals surface area contributed by atoms with E-state index < -0.39 is 0 Å². The molecule has 5 nitrogen and oxygen atoms in total. The molecule has 2 heterocycles. The van der Waals surface area contributed by atoms with Gasteiger partial charge in [-0.25, -0.2) is 4.68 Å². The molecule has 4 rings (SSSR count). The molecule has 0 spiro atoms. The monoisotopic (exact) mass is 341 g/mol. The predicted octanol–water partition coefficient (Wildman–Crippen LogP) is 3.02. The number of methoxy groups -OCH3 is 1. The van der Waals surface area contributed by atoms with Gasteiger partial charge in [-0.1, -0.05) is 0 Å². The van der Waals surface area contributed by atoms with E-state index >= 15 is 0 Å². The van der Waals surface area contributed by atoms with Crippen molar-refractivity contribution in [3.63, 3.8) is 0 Å². The number of hydrogen-bond donors (Lipinski definition) is 0. The molecule has 1 aromatic carbocycles.